The Labute approximate surface area is 194 Å². The molecular formula is C20H33ClIN3O2S. The van der Waals surface area contributed by atoms with Crippen molar-refractivity contribution in [1.82, 2.24) is 10.2 Å². The van der Waals surface area contributed by atoms with Gasteiger partial charge in [-0.25, -0.2) is 0 Å². The molecule has 1 aliphatic heterocycles. The van der Waals surface area contributed by atoms with Crippen molar-refractivity contribution in [2.45, 2.75) is 57.7 Å². The molecule has 1 saturated heterocycles. The molecule has 28 heavy (non-hydrogen) atoms. The molecule has 2 fully saturated rings. The van der Waals surface area contributed by atoms with E-state index in [4.69, 9.17) is 16.3 Å². The Morgan fingerprint density at radius 3 is 2.64 bits per heavy atom. The van der Waals surface area contributed by atoms with E-state index in [0.717, 1.165) is 55.8 Å². The number of aliphatic imine (C=N–C) groups is 1. The van der Waals surface area contributed by atoms with Gasteiger partial charge in [-0.1, -0.05) is 24.4 Å². The smallest absolute Gasteiger partial charge is 0.194 e. The first kappa shape index (κ1) is 24.2. The highest BCUT2D eigenvalue weighted by atomic mass is 127. The van der Waals surface area contributed by atoms with E-state index in [9.17, 15) is 5.11 Å². The Balaban J connectivity index is 0.00000280. The quantitative estimate of drug-likeness (QED) is 0.299. The third-order valence-electron chi connectivity index (χ3n) is 5.46. The molecule has 1 aliphatic carbocycles. The Kier molecular flexibility index (Phi) is 10.9. The van der Waals surface area contributed by atoms with Crippen molar-refractivity contribution >= 4 is 52.9 Å². The number of likely N-dealkylation sites (tertiary alicyclic amines) is 1. The molecular weight excluding hydrogens is 509 g/mol. The predicted molar refractivity (Wildman–Crippen MR) is 128 cm³/mol. The third-order valence-corrected chi connectivity index (χ3v) is 6.79. The maximum Gasteiger partial charge on any atom is 0.194 e. The number of guanidine groups is 1. The summed E-state index contributed by atoms with van der Waals surface area (Å²) in [6, 6.07) is 3.68. The van der Waals surface area contributed by atoms with Crippen LogP contribution in [0.4, 0.5) is 0 Å². The van der Waals surface area contributed by atoms with Crippen LogP contribution in [-0.4, -0.2) is 54.9 Å². The highest BCUT2D eigenvalue weighted by molar-refractivity contribution is 14.0. The molecule has 0 bridgehead atoms. The van der Waals surface area contributed by atoms with E-state index in [0.29, 0.717) is 17.0 Å². The van der Waals surface area contributed by atoms with Gasteiger partial charge in [0, 0.05) is 31.1 Å². The van der Waals surface area contributed by atoms with Crippen LogP contribution in [0.25, 0.3) is 0 Å². The molecule has 0 radical (unpaired) electrons. The van der Waals surface area contributed by atoms with Crippen molar-refractivity contribution in [1.29, 1.82) is 0 Å². The zero-order valence-electron chi connectivity index (χ0n) is 16.6. The fourth-order valence-electron chi connectivity index (χ4n) is 3.88. The molecule has 1 saturated carbocycles. The summed E-state index contributed by atoms with van der Waals surface area (Å²) in [6.45, 7) is 6.07. The van der Waals surface area contributed by atoms with Gasteiger partial charge in [0.25, 0.3) is 0 Å². The van der Waals surface area contributed by atoms with Crippen molar-refractivity contribution in [2.75, 3.05) is 32.8 Å². The summed E-state index contributed by atoms with van der Waals surface area (Å²) in [4.78, 5) is 7.81. The number of ether oxygens (including phenoxy) is 1. The van der Waals surface area contributed by atoms with Gasteiger partial charge in [0.2, 0.25) is 0 Å². The molecule has 2 heterocycles. The van der Waals surface area contributed by atoms with Gasteiger partial charge >= 0.3 is 0 Å². The molecule has 5 nitrogen and oxygen atoms in total. The van der Waals surface area contributed by atoms with E-state index in [-0.39, 0.29) is 24.0 Å². The van der Waals surface area contributed by atoms with Gasteiger partial charge in [0.05, 0.1) is 17.0 Å². The molecule has 2 aliphatic rings. The van der Waals surface area contributed by atoms with Gasteiger partial charge in [-0.3, -0.25) is 4.99 Å². The molecule has 1 aromatic rings. The summed E-state index contributed by atoms with van der Waals surface area (Å²) >= 11 is 7.37. The van der Waals surface area contributed by atoms with Gasteiger partial charge in [-0.2, -0.15) is 0 Å². The van der Waals surface area contributed by atoms with Crippen LogP contribution in [0.15, 0.2) is 17.1 Å². The van der Waals surface area contributed by atoms with Crippen LogP contribution in [0.2, 0.25) is 4.34 Å². The number of halogens is 2. The zero-order valence-corrected chi connectivity index (χ0v) is 20.5. The van der Waals surface area contributed by atoms with Crippen LogP contribution >= 0.6 is 46.9 Å². The molecule has 0 spiro atoms. The number of hydrogen-bond acceptors (Lipinski definition) is 4. The molecule has 8 heteroatoms. The maximum atomic E-state index is 10.3. The minimum Gasteiger partial charge on any atom is -0.386 e. The summed E-state index contributed by atoms with van der Waals surface area (Å²) in [5.41, 5.74) is 0. The SMILES string of the molecule is CCNC(=NCC(O)c1ccc(Cl)s1)N1CCC(OCC2CCCC2)CC1.I. The first-order valence-corrected chi connectivity index (χ1v) is 11.4. The standard InChI is InChI=1S/C20H32ClN3O2S.HI/c1-2-22-20(23-13-17(25)18-7-8-19(21)27-18)24-11-9-16(10-12-24)26-14-15-5-3-4-6-15;/h7-8,15-17,25H,2-6,9-14H2,1H3,(H,22,23);1H. The second kappa shape index (κ2) is 12.6. The van der Waals surface area contributed by atoms with Crippen LogP contribution < -0.4 is 5.32 Å². The van der Waals surface area contributed by atoms with Crippen LogP contribution in [0.1, 0.15) is 56.4 Å². The second-order valence-corrected chi connectivity index (χ2v) is 9.27. The zero-order chi connectivity index (χ0) is 19.1. The van der Waals surface area contributed by atoms with E-state index in [1.54, 1.807) is 0 Å². The third kappa shape index (κ3) is 7.31. The van der Waals surface area contributed by atoms with Crippen LogP contribution in [0, 0.1) is 5.92 Å². The minimum absolute atomic E-state index is 0. The summed E-state index contributed by atoms with van der Waals surface area (Å²) in [7, 11) is 0. The first-order valence-electron chi connectivity index (χ1n) is 10.2. The van der Waals surface area contributed by atoms with Crippen molar-refractivity contribution < 1.29 is 9.84 Å². The number of thiophene rings is 1. The number of rotatable bonds is 7. The van der Waals surface area contributed by atoms with Crippen LogP contribution in [-0.2, 0) is 4.74 Å². The molecule has 1 aromatic heterocycles. The van der Waals surface area contributed by atoms with Gasteiger partial charge < -0.3 is 20.1 Å². The molecule has 1 unspecified atom stereocenters. The topological polar surface area (TPSA) is 57.1 Å². The molecule has 2 N–H and O–H groups in total. The van der Waals surface area contributed by atoms with Crippen molar-refractivity contribution in [3.05, 3.63) is 21.3 Å². The number of aliphatic hydroxyl groups excluding tert-OH is 1. The maximum absolute atomic E-state index is 10.3. The van der Waals surface area contributed by atoms with Gasteiger partial charge in [-0.15, -0.1) is 35.3 Å². The molecule has 160 valence electrons. The largest absolute Gasteiger partial charge is 0.386 e. The average molecular weight is 542 g/mol. The molecule has 3 rings (SSSR count). The minimum atomic E-state index is -0.608. The van der Waals surface area contributed by atoms with Crippen molar-refractivity contribution in [2.24, 2.45) is 10.9 Å². The first-order chi connectivity index (χ1) is 13.2. The lowest BCUT2D eigenvalue weighted by molar-refractivity contribution is 0.000980. The molecule has 0 amide bonds. The van der Waals surface area contributed by atoms with Gasteiger partial charge in [-0.05, 0) is 50.7 Å². The lowest BCUT2D eigenvalue weighted by atomic mass is 10.1. The molecule has 1 atom stereocenters. The number of hydrogen-bond donors (Lipinski definition) is 2. The van der Waals surface area contributed by atoms with Crippen molar-refractivity contribution in [3.63, 3.8) is 0 Å². The normalized spacial score (nSPS) is 20.2. The fourth-order valence-corrected chi connectivity index (χ4v) is 4.92. The fraction of sp³-hybridized carbons (Fsp3) is 0.750. The number of nitrogens with one attached hydrogen (secondary N) is 1. The number of aliphatic hydroxyl groups is 1. The van der Waals surface area contributed by atoms with E-state index in [1.807, 2.05) is 12.1 Å². The highest BCUT2D eigenvalue weighted by Crippen LogP contribution is 2.28. The van der Waals surface area contributed by atoms with Crippen molar-refractivity contribution in [3.8, 4) is 0 Å². The number of nitrogens with zero attached hydrogens (tertiary/aromatic N) is 2. The average Bonchev–Trinajstić information content (AvgIpc) is 3.35. The summed E-state index contributed by atoms with van der Waals surface area (Å²) < 4.78 is 6.87. The van der Waals surface area contributed by atoms with Gasteiger partial charge in [0.15, 0.2) is 5.96 Å². The van der Waals surface area contributed by atoms with E-state index in [1.165, 1.54) is 37.0 Å². The Bertz CT molecular complexity index is 602. The highest BCUT2D eigenvalue weighted by Gasteiger charge is 2.24. The monoisotopic (exact) mass is 541 g/mol. The van der Waals surface area contributed by atoms with Crippen LogP contribution in [0.5, 0.6) is 0 Å². The van der Waals surface area contributed by atoms with E-state index < -0.39 is 6.10 Å². The number of piperidine rings is 1. The Morgan fingerprint density at radius 1 is 1.32 bits per heavy atom. The molecule has 0 aromatic carbocycles. The van der Waals surface area contributed by atoms with E-state index >= 15 is 0 Å². The van der Waals surface area contributed by atoms with Crippen LogP contribution in [0.3, 0.4) is 0 Å². The second-order valence-electron chi connectivity index (χ2n) is 7.52. The summed E-state index contributed by atoms with van der Waals surface area (Å²) in [5, 5.41) is 13.7. The summed E-state index contributed by atoms with van der Waals surface area (Å²) in [6.07, 6.45) is 7.28. The lowest BCUT2D eigenvalue weighted by Crippen LogP contribution is -2.47. The lowest BCUT2D eigenvalue weighted by Gasteiger charge is -2.34. The predicted octanol–water partition coefficient (Wildman–Crippen LogP) is 4.69. The Hall–Kier alpha value is -0.0900. The summed E-state index contributed by atoms with van der Waals surface area (Å²) in [5.74, 6) is 1.67. The van der Waals surface area contributed by atoms with Gasteiger partial charge in [0.1, 0.15) is 6.10 Å². The Morgan fingerprint density at radius 2 is 2.04 bits per heavy atom. The van der Waals surface area contributed by atoms with E-state index in [2.05, 4.69) is 22.1 Å².